The molecule has 1 aromatic carbocycles. The van der Waals surface area contributed by atoms with E-state index in [4.69, 9.17) is 9.15 Å². The highest BCUT2D eigenvalue weighted by Crippen LogP contribution is 2.33. The van der Waals surface area contributed by atoms with Gasteiger partial charge in [-0.15, -0.1) is 0 Å². The lowest BCUT2D eigenvalue weighted by atomic mass is 9.89. The number of amides is 3. The van der Waals surface area contributed by atoms with E-state index in [1.807, 2.05) is 19.1 Å². The number of fused-ring (bicyclic) bond motifs is 3. The van der Waals surface area contributed by atoms with Crippen molar-refractivity contribution in [2.75, 3.05) is 33.3 Å². The number of likely N-dealkylation sites (N-methyl/N-ethyl adjacent to an activating group) is 1. The Kier molecular flexibility index (Phi) is 4.27. The maximum atomic E-state index is 12.6. The molecule has 158 valence electrons. The summed E-state index contributed by atoms with van der Waals surface area (Å²) in [7, 11) is 1.76. The van der Waals surface area contributed by atoms with E-state index in [0.717, 1.165) is 47.8 Å². The van der Waals surface area contributed by atoms with Gasteiger partial charge in [-0.3, -0.25) is 4.79 Å². The third-order valence-electron chi connectivity index (χ3n) is 6.85. The lowest BCUT2D eigenvalue weighted by Gasteiger charge is -2.50. The van der Waals surface area contributed by atoms with E-state index in [-0.39, 0.29) is 29.7 Å². The molecule has 5 rings (SSSR count). The average molecular weight is 411 g/mol. The van der Waals surface area contributed by atoms with Crippen molar-refractivity contribution in [3.63, 3.8) is 0 Å². The molecule has 1 aromatic heterocycles. The first-order valence-electron chi connectivity index (χ1n) is 10.4. The molecule has 1 spiro atoms. The molecule has 0 unspecified atom stereocenters. The lowest BCUT2D eigenvalue weighted by Crippen LogP contribution is -2.70. The number of hydrogen-bond acceptors (Lipinski definition) is 5. The molecule has 3 amide bonds. The summed E-state index contributed by atoms with van der Waals surface area (Å²) in [6.45, 7) is 3.32. The van der Waals surface area contributed by atoms with Crippen molar-refractivity contribution in [1.82, 2.24) is 15.1 Å². The second-order valence-corrected chi connectivity index (χ2v) is 8.60. The zero-order chi connectivity index (χ0) is 21.0. The van der Waals surface area contributed by atoms with E-state index in [2.05, 4.69) is 5.32 Å². The quantitative estimate of drug-likeness (QED) is 0.775. The number of ether oxygens (including phenoxy) is 1. The highest BCUT2D eigenvalue weighted by atomic mass is 16.5. The first kappa shape index (κ1) is 19.0. The second kappa shape index (κ2) is 6.75. The molecular weight excluding hydrogens is 386 g/mol. The number of likely N-dealkylation sites (tertiary alicyclic amines) is 1. The van der Waals surface area contributed by atoms with Crippen LogP contribution in [0.3, 0.4) is 0 Å². The number of nitrogens with one attached hydrogen (secondary N) is 1. The summed E-state index contributed by atoms with van der Waals surface area (Å²) in [6.07, 6.45) is 3.75. The van der Waals surface area contributed by atoms with Crippen LogP contribution in [-0.2, 0) is 17.6 Å². The molecule has 2 saturated heterocycles. The summed E-state index contributed by atoms with van der Waals surface area (Å²) in [5, 5.41) is 3.78. The van der Waals surface area contributed by atoms with Gasteiger partial charge < -0.3 is 24.3 Å². The molecule has 30 heavy (non-hydrogen) atoms. The minimum atomic E-state index is -0.298. The normalized spacial score (nSPS) is 19.6. The van der Waals surface area contributed by atoms with Crippen LogP contribution >= 0.6 is 0 Å². The van der Waals surface area contributed by atoms with Crippen LogP contribution in [0.2, 0.25) is 0 Å². The number of carbonyl (C=O) groups excluding carboxylic acids is 2. The first-order chi connectivity index (χ1) is 14.4. The SMILES string of the molecule is Cc1c(OCC(=O)N2CC3(CNC(=O)N3C)C2)ccc2c3c(c(=O)oc12)CCCC3. The number of aryl methyl sites for hydroxylation is 2. The fourth-order valence-corrected chi connectivity index (χ4v) is 4.87. The molecule has 2 fully saturated rings. The largest absolute Gasteiger partial charge is 0.483 e. The molecule has 0 atom stereocenters. The van der Waals surface area contributed by atoms with Crippen LogP contribution in [0.25, 0.3) is 11.0 Å². The molecule has 3 heterocycles. The molecule has 1 N–H and O–H groups in total. The van der Waals surface area contributed by atoms with Crippen LogP contribution in [0.1, 0.15) is 29.5 Å². The van der Waals surface area contributed by atoms with Crippen LogP contribution in [0.4, 0.5) is 4.79 Å². The van der Waals surface area contributed by atoms with E-state index in [9.17, 15) is 14.4 Å². The standard InChI is InChI=1S/C22H25N3O5/c1-13-17(8-7-15-14-5-3-4-6-16(14)20(27)30-19(13)15)29-9-18(26)25-11-22(12-25)10-23-21(28)24(22)2/h7-8H,3-6,9-12H2,1-2H3,(H,23,28). The van der Waals surface area contributed by atoms with Gasteiger partial charge in [-0.1, -0.05) is 0 Å². The topological polar surface area (TPSA) is 92.1 Å². The van der Waals surface area contributed by atoms with Crippen LogP contribution in [0.5, 0.6) is 5.75 Å². The van der Waals surface area contributed by atoms with Gasteiger partial charge in [0.05, 0.1) is 5.54 Å². The predicted octanol–water partition coefficient (Wildman–Crippen LogP) is 1.60. The highest BCUT2D eigenvalue weighted by molar-refractivity contribution is 5.86. The monoisotopic (exact) mass is 411 g/mol. The van der Waals surface area contributed by atoms with Gasteiger partial charge in [0.15, 0.2) is 6.61 Å². The zero-order valence-electron chi connectivity index (χ0n) is 17.2. The Labute approximate surface area is 173 Å². The van der Waals surface area contributed by atoms with E-state index >= 15 is 0 Å². The molecule has 1 aliphatic carbocycles. The minimum absolute atomic E-state index is 0.0946. The van der Waals surface area contributed by atoms with Gasteiger partial charge in [-0.05, 0) is 50.3 Å². The number of benzene rings is 1. The predicted molar refractivity (Wildman–Crippen MR) is 110 cm³/mol. The Bertz CT molecular complexity index is 1120. The van der Waals surface area contributed by atoms with Crippen molar-refractivity contribution in [3.05, 3.63) is 39.2 Å². The van der Waals surface area contributed by atoms with Gasteiger partial charge in [0.25, 0.3) is 5.91 Å². The molecule has 0 saturated carbocycles. The Balaban J connectivity index is 1.31. The van der Waals surface area contributed by atoms with E-state index in [1.165, 1.54) is 0 Å². The van der Waals surface area contributed by atoms with Gasteiger partial charge in [-0.2, -0.15) is 0 Å². The summed E-state index contributed by atoms with van der Waals surface area (Å²) in [5.74, 6) is 0.416. The van der Waals surface area contributed by atoms with Crippen molar-refractivity contribution >= 4 is 22.9 Å². The number of nitrogens with zero attached hydrogens (tertiary/aromatic N) is 2. The summed E-state index contributed by atoms with van der Waals surface area (Å²) < 4.78 is 11.4. The summed E-state index contributed by atoms with van der Waals surface area (Å²) in [6, 6.07) is 3.68. The zero-order valence-corrected chi connectivity index (χ0v) is 17.2. The fourth-order valence-electron chi connectivity index (χ4n) is 4.87. The third-order valence-corrected chi connectivity index (χ3v) is 6.85. The van der Waals surface area contributed by atoms with E-state index in [0.29, 0.717) is 31.0 Å². The summed E-state index contributed by atoms with van der Waals surface area (Å²) >= 11 is 0. The molecule has 2 aromatic rings. The molecule has 0 radical (unpaired) electrons. The minimum Gasteiger partial charge on any atom is -0.483 e. The average Bonchev–Trinajstić information content (AvgIpc) is 3.02. The molecule has 8 nitrogen and oxygen atoms in total. The summed E-state index contributed by atoms with van der Waals surface area (Å²) in [4.78, 5) is 40.0. The van der Waals surface area contributed by atoms with Gasteiger partial charge in [0, 0.05) is 43.2 Å². The third kappa shape index (κ3) is 2.77. The Morgan fingerprint density at radius 2 is 1.93 bits per heavy atom. The number of hydrogen-bond donors (Lipinski definition) is 1. The van der Waals surface area contributed by atoms with Crippen molar-refractivity contribution in [2.45, 2.75) is 38.1 Å². The van der Waals surface area contributed by atoms with Gasteiger partial charge >= 0.3 is 11.7 Å². The second-order valence-electron chi connectivity index (χ2n) is 8.60. The van der Waals surface area contributed by atoms with E-state index < -0.39 is 0 Å². The van der Waals surface area contributed by atoms with Gasteiger partial charge in [0.1, 0.15) is 11.3 Å². The summed E-state index contributed by atoms with van der Waals surface area (Å²) in [5.41, 5.74) is 2.61. The Hall–Kier alpha value is -3.03. The van der Waals surface area contributed by atoms with Crippen LogP contribution in [0.15, 0.2) is 21.3 Å². The van der Waals surface area contributed by atoms with Gasteiger partial charge in [-0.25, -0.2) is 9.59 Å². The van der Waals surface area contributed by atoms with E-state index in [1.54, 1.807) is 16.8 Å². The van der Waals surface area contributed by atoms with Crippen molar-refractivity contribution in [1.29, 1.82) is 0 Å². The van der Waals surface area contributed by atoms with Crippen molar-refractivity contribution in [2.24, 2.45) is 0 Å². The number of carbonyl (C=O) groups is 2. The lowest BCUT2D eigenvalue weighted by molar-refractivity contribution is -0.144. The van der Waals surface area contributed by atoms with Crippen LogP contribution < -0.4 is 15.7 Å². The molecular formula is C22H25N3O5. The molecule has 3 aliphatic rings. The smallest absolute Gasteiger partial charge is 0.339 e. The Morgan fingerprint density at radius 3 is 2.63 bits per heavy atom. The Morgan fingerprint density at radius 1 is 1.20 bits per heavy atom. The number of rotatable bonds is 3. The van der Waals surface area contributed by atoms with Crippen molar-refractivity contribution < 1.29 is 18.7 Å². The van der Waals surface area contributed by atoms with Crippen molar-refractivity contribution in [3.8, 4) is 5.75 Å². The molecule has 0 bridgehead atoms. The maximum Gasteiger partial charge on any atom is 0.339 e. The first-order valence-corrected chi connectivity index (χ1v) is 10.4. The van der Waals surface area contributed by atoms with Crippen LogP contribution in [-0.4, -0.2) is 60.6 Å². The molecule has 8 heteroatoms. The fraction of sp³-hybridized carbons (Fsp3) is 0.500. The highest BCUT2D eigenvalue weighted by Gasteiger charge is 2.53. The molecule has 2 aliphatic heterocycles. The number of urea groups is 1. The van der Waals surface area contributed by atoms with Gasteiger partial charge in [0.2, 0.25) is 0 Å². The maximum absolute atomic E-state index is 12.6. The van der Waals surface area contributed by atoms with Crippen LogP contribution in [0, 0.1) is 6.92 Å².